The zero-order chi connectivity index (χ0) is 25.9. The van der Waals surface area contributed by atoms with Crippen molar-refractivity contribution in [3.63, 3.8) is 0 Å². The number of benzene rings is 2. The highest BCUT2D eigenvalue weighted by atomic mass is 35.5. The first kappa shape index (κ1) is 24.1. The first-order valence-corrected chi connectivity index (χ1v) is 13.0. The van der Waals surface area contributed by atoms with Crippen molar-refractivity contribution in [1.82, 2.24) is 14.9 Å². The molecule has 6 rings (SSSR count). The molecule has 0 bridgehead atoms. The predicted molar refractivity (Wildman–Crippen MR) is 142 cm³/mol. The van der Waals surface area contributed by atoms with Crippen molar-refractivity contribution in [3.05, 3.63) is 69.6 Å². The summed E-state index contributed by atoms with van der Waals surface area (Å²) in [5, 5.41) is 13.3. The van der Waals surface area contributed by atoms with Gasteiger partial charge in [-0.3, -0.25) is 4.79 Å². The molecule has 2 atom stereocenters. The number of carboxylic acid groups (broad SMARTS) is 1. The average molecular weight is 522 g/mol. The lowest BCUT2D eigenvalue weighted by Gasteiger charge is -2.37. The summed E-state index contributed by atoms with van der Waals surface area (Å²) < 4.78 is 14.2. The number of carboxylic acids is 1. The molecular weight excluding hydrogens is 493 g/mol. The number of rotatable bonds is 5. The Morgan fingerprint density at radius 3 is 2.92 bits per heavy atom. The number of nitrogens with one attached hydrogen (secondary N) is 1. The van der Waals surface area contributed by atoms with Gasteiger partial charge in [-0.05, 0) is 84.8 Å². The fourth-order valence-corrected chi connectivity index (χ4v) is 6.66. The minimum atomic E-state index is -0.944. The number of likely N-dealkylation sites (N-methyl/N-ethyl adjacent to an activating group) is 1. The molecule has 3 aromatic rings. The number of nitrogens with zero attached hydrogens (tertiary/aromatic N) is 4. The second kappa shape index (κ2) is 8.96. The highest BCUT2D eigenvalue weighted by Crippen LogP contribution is 2.47. The van der Waals surface area contributed by atoms with Gasteiger partial charge in [-0.2, -0.15) is 4.98 Å². The Hall–Kier alpha value is -3.23. The van der Waals surface area contributed by atoms with E-state index in [0.29, 0.717) is 40.5 Å². The van der Waals surface area contributed by atoms with E-state index in [1.807, 2.05) is 11.8 Å². The lowest BCUT2D eigenvalue weighted by Crippen LogP contribution is -2.33. The van der Waals surface area contributed by atoms with Crippen LogP contribution in [0, 0.1) is 5.82 Å². The van der Waals surface area contributed by atoms with Gasteiger partial charge in [0.05, 0.1) is 12.6 Å². The number of fused-ring (bicyclic) bond motifs is 1. The van der Waals surface area contributed by atoms with E-state index in [2.05, 4.69) is 34.4 Å². The van der Waals surface area contributed by atoms with Crippen molar-refractivity contribution >= 4 is 40.7 Å². The molecule has 0 radical (unpaired) electrons. The van der Waals surface area contributed by atoms with Crippen molar-refractivity contribution in [2.75, 3.05) is 30.4 Å². The number of carbonyl (C=O) groups is 1. The topological polar surface area (TPSA) is 81.6 Å². The largest absolute Gasteiger partial charge is 0.481 e. The van der Waals surface area contributed by atoms with Gasteiger partial charge in [0.2, 0.25) is 5.95 Å². The summed E-state index contributed by atoms with van der Waals surface area (Å²) in [4.78, 5) is 25.1. The van der Waals surface area contributed by atoms with Crippen molar-refractivity contribution in [3.8, 4) is 0 Å². The lowest BCUT2D eigenvalue weighted by atomic mass is 9.77. The quantitative estimate of drug-likeness (QED) is 0.441. The zero-order valence-corrected chi connectivity index (χ0v) is 21.6. The van der Waals surface area contributed by atoms with Gasteiger partial charge in [0.1, 0.15) is 10.8 Å². The van der Waals surface area contributed by atoms with E-state index in [0.717, 1.165) is 25.2 Å². The van der Waals surface area contributed by atoms with E-state index in [1.54, 1.807) is 12.3 Å². The van der Waals surface area contributed by atoms with E-state index in [4.69, 9.17) is 16.6 Å². The summed E-state index contributed by atoms with van der Waals surface area (Å²) in [7, 11) is 2.17. The van der Waals surface area contributed by atoms with Crippen LogP contribution in [-0.4, -0.2) is 46.1 Å². The monoisotopic (exact) mass is 521 g/mol. The van der Waals surface area contributed by atoms with Crippen molar-refractivity contribution in [1.29, 1.82) is 0 Å². The SMILES string of the molecule is CN1Cc2cc(Nc3ncc(Cl)c(N4CC(C)(CC(=O)O)c5cc(F)ccc54)n3)cc3c2C(CCC3)C1. The summed E-state index contributed by atoms with van der Waals surface area (Å²) in [6.45, 7) is 4.17. The maximum atomic E-state index is 14.2. The maximum Gasteiger partial charge on any atom is 0.304 e. The number of hydrogen-bond acceptors (Lipinski definition) is 6. The normalized spacial score (nSPS) is 22.5. The molecule has 192 valence electrons. The number of aryl methyl sites for hydroxylation is 1. The van der Waals surface area contributed by atoms with Crippen LogP contribution in [0.5, 0.6) is 0 Å². The Morgan fingerprint density at radius 1 is 1.30 bits per heavy atom. The molecule has 2 N–H and O–H groups in total. The van der Waals surface area contributed by atoms with Crippen LogP contribution >= 0.6 is 11.6 Å². The Bertz CT molecular complexity index is 1420. The third-order valence-electron chi connectivity index (χ3n) is 7.92. The third-order valence-corrected chi connectivity index (χ3v) is 8.18. The molecule has 0 saturated carbocycles. The van der Waals surface area contributed by atoms with Gasteiger partial charge < -0.3 is 20.2 Å². The molecule has 2 aromatic carbocycles. The number of anilines is 4. The second-order valence-electron chi connectivity index (χ2n) is 10.9. The Balaban J connectivity index is 1.35. The fourth-order valence-electron chi connectivity index (χ4n) is 6.47. The highest BCUT2D eigenvalue weighted by Gasteiger charge is 2.42. The number of halogens is 2. The van der Waals surface area contributed by atoms with Crippen molar-refractivity contribution < 1.29 is 14.3 Å². The van der Waals surface area contributed by atoms with Gasteiger partial charge in [-0.1, -0.05) is 18.5 Å². The van der Waals surface area contributed by atoms with Crippen molar-refractivity contribution in [2.24, 2.45) is 0 Å². The van der Waals surface area contributed by atoms with Crippen molar-refractivity contribution in [2.45, 2.75) is 50.5 Å². The average Bonchev–Trinajstić information content (AvgIpc) is 3.11. The molecule has 3 heterocycles. The van der Waals surface area contributed by atoms with Crippen LogP contribution in [0.15, 0.2) is 36.5 Å². The third kappa shape index (κ3) is 4.32. The van der Waals surface area contributed by atoms with Crippen LogP contribution < -0.4 is 10.2 Å². The van der Waals surface area contributed by atoms with E-state index < -0.39 is 17.2 Å². The van der Waals surface area contributed by atoms with Gasteiger partial charge in [-0.15, -0.1) is 0 Å². The van der Waals surface area contributed by atoms with Gasteiger partial charge in [-0.25, -0.2) is 9.37 Å². The molecule has 0 saturated heterocycles. The Labute approximate surface area is 220 Å². The molecule has 0 amide bonds. The number of aliphatic carboxylic acids is 1. The van der Waals surface area contributed by atoms with Crippen LogP contribution in [0.4, 0.5) is 27.5 Å². The summed E-state index contributed by atoms with van der Waals surface area (Å²) in [5.41, 5.74) is 5.75. The zero-order valence-electron chi connectivity index (χ0n) is 20.9. The molecule has 1 aliphatic carbocycles. The predicted octanol–water partition coefficient (Wildman–Crippen LogP) is 5.76. The van der Waals surface area contributed by atoms with Crippen LogP contribution in [0.1, 0.15) is 54.4 Å². The molecular formula is C28H29ClFN5O2. The summed E-state index contributed by atoms with van der Waals surface area (Å²) in [6.07, 6.45) is 4.92. The minimum absolute atomic E-state index is 0.138. The minimum Gasteiger partial charge on any atom is -0.481 e. The second-order valence-corrected chi connectivity index (χ2v) is 11.3. The molecule has 37 heavy (non-hydrogen) atoms. The lowest BCUT2D eigenvalue weighted by molar-refractivity contribution is -0.138. The molecule has 0 fully saturated rings. The van der Waals surface area contributed by atoms with E-state index in [9.17, 15) is 14.3 Å². The Morgan fingerprint density at radius 2 is 2.11 bits per heavy atom. The molecule has 1 aromatic heterocycles. The van der Waals surface area contributed by atoms with Crippen LogP contribution in [0.25, 0.3) is 0 Å². The molecule has 3 aliphatic rings. The van der Waals surface area contributed by atoms with E-state index >= 15 is 0 Å². The summed E-state index contributed by atoms with van der Waals surface area (Å²) in [6, 6.07) is 8.85. The number of hydrogen-bond donors (Lipinski definition) is 2. The number of aromatic nitrogens is 2. The molecule has 9 heteroatoms. The maximum absolute atomic E-state index is 14.2. The van der Waals surface area contributed by atoms with Gasteiger partial charge in [0.25, 0.3) is 0 Å². The van der Waals surface area contributed by atoms with Crippen LogP contribution in [0.3, 0.4) is 0 Å². The smallest absolute Gasteiger partial charge is 0.304 e. The molecule has 7 nitrogen and oxygen atoms in total. The highest BCUT2D eigenvalue weighted by molar-refractivity contribution is 6.33. The molecule has 0 spiro atoms. The van der Waals surface area contributed by atoms with Gasteiger partial charge >= 0.3 is 5.97 Å². The van der Waals surface area contributed by atoms with E-state index in [-0.39, 0.29) is 6.42 Å². The van der Waals surface area contributed by atoms with E-state index in [1.165, 1.54) is 41.7 Å². The molecule has 2 unspecified atom stereocenters. The van der Waals surface area contributed by atoms with Gasteiger partial charge in [0, 0.05) is 36.4 Å². The van der Waals surface area contributed by atoms with Gasteiger partial charge in [0.15, 0.2) is 5.82 Å². The van der Waals surface area contributed by atoms with Crippen LogP contribution in [0.2, 0.25) is 5.02 Å². The summed E-state index contributed by atoms with van der Waals surface area (Å²) >= 11 is 6.57. The fraction of sp³-hybridized carbons (Fsp3) is 0.393. The molecule has 2 aliphatic heterocycles. The van der Waals surface area contributed by atoms with Crippen LogP contribution in [-0.2, 0) is 23.2 Å². The Kier molecular flexibility index (Phi) is 5.84. The first-order chi connectivity index (χ1) is 17.7. The standard InChI is InChI=1S/C28H29ClFN5O2/c1-28(11-24(36)37)15-35(23-7-6-19(30)10-21(23)28)26-22(29)12-31-27(33-26)32-20-8-16-4-3-5-17-13-34(2)14-18(9-20)25(16)17/h6-10,12,17H,3-5,11,13-15H2,1-2H3,(H,36,37)(H,31,32,33). The first-order valence-electron chi connectivity index (χ1n) is 12.6. The summed E-state index contributed by atoms with van der Waals surface area (Å²) in [5.74, 6) is 0.112.